The van der Waals surface area contributed by atoms with Crippen molar-refractivity contribution in [3.05, 3.63) is 77.9 Å². The molecule has 0 radical (unpaired) electrons. The lowest BCUT2D eigenvalue weighted by Crippen LogP contribution is -2.35. The molecular formula is C36H45F2N5O3. The summed E-state index contributed by atoms with van der Waals surface area (Å²) in [6, 6.07) is 11.4. The third-order valence-electron chi connectivity index (χ3n) is 8.73. The number of halogens is 2. The van der Waals surface area contributed by atoms with E-state index in [2.05, 4.69) is 26.9 Å². The lowest BCUT2D eigenvalue weighted by atomic mass is 9.77. The maximum absolute atomic E-state index is 14.9. The van der Waals surface area contributed by atoms with Gasteiger partial charge in [0.2, 0.25) is 5.91 Å². The zero-order valence-electron chi connectivity index (χ0n) is 26.7. The zero-order valence-corrected chi connectivity index (χ0v) is 26.7. The van der Waals surface area contributed by atoms with Crippen LogP contribution in [0, 0.1) is 23.5 Å². The molecule has 10 heteroatoms. The van der Waals surface area contributed by atoms with Gasteiger partial charge in [-0.3, -0.25) is 4.79 Å². The number of unbranched alkanes of at least 4 members (excludes halogenated alkanes) is 2. The van der Waals surface area contributed by atoms with E-state index >= 15 is 0 Å². The summed E-state index contributed by atoms with van der Waals surface area (Å²) in [7, 11) is 0. The molecule has 1 amide bonds. The Kier molecular flexibility index (Phi) is 12.6. The van der Waals surface area contributed by atoms with E-state index in [4.69, 9.17) is 9.47 Å². The normalized spacial score (nSPS) is 16.6. The van der Waals surface area contributed by atoms with Crippen molar-refractivity contribution in [3.8, 4) is 11.4 Å². The third kappa shape index (κ3) is 9.62. The number of aromatic amines is 1. The molecule has 1 aliphatic carbocycles. The maximum Gasteiger partial charge on any atom is 0.223 e. The van der Waals surface area contributed by atoms with Crippen LogP contribution in [0.3, 0.4) is 0 Å². The Morgan fingerprint density at radius 2 is 1.80 bits per heavy atom. The van der Waals surface area contributed by atoms with Crippen molar-refractivity contribution in [1.82, 2.24) is 24.8 Å². The summed E-state index contributed by atoms with van der Waals surface area (Å²) in [5.41, 5.74) is 2.53. The summed E-state index contributed by atoms with van der Waals surface area (Å²) in [5, 5.41) is 0.551. The Balaban J connectivity index is 1.16. The van der Waals surface area contributed by atoms with E-state index in [9.17, 15) is 13.6 Å². The highest BCUT2D eigenvalue weighted by Crippen LogP contribution is 2.34. The molecule has 1 saturated carbocycles. The lowest BCUT2D eigenvalue weighted by Gasteiger charge is -2.31. The number of hydrogen-bond acceptors (Lipinski definition) is 6. The number of fused-ring (bicyclic) bond motifs is 1. The predicted octanol–water partition coefficient (Wildman–Crippen LogP) is 7.29. The molecule has 0 spiro atoms. The van der Waals surface area contributed by atoms with Gasteiger partial charge in [0.25, 0.3) is 0 Å². The van der Waals surface area contributed by atoms with Crippen LogP contribution < -0.4 is 0 Å². The van der Waals surface area contributed by atoms with Gasteiger partial charge in [0, 0.05) is 43.3 Å². The van der Waals surface area contributed by atoms with Gasteiger partial charge in [-0.25, -0.2) is 23.7 Å². The second kappa shape index (κ2) is 17.2. The Morgan fingerprint density at radius 3 is 2.63 bits per heavy atom. The SMILES string of the molecule is CCCCCOCCOCCN(Cc1ccccc1)C(=O)C[C@@H]1CCC[C@H](Cc2nc(-c3c[nH]c4ncc(F)cc34)ncc2F)C1. The number of amides is 1. The van der Waals surface area contributed by atoms with Gasteiger partial charge in [0.15, 0.2) is 11.6 Å². The van der Waals surface area contributed by atoms with Crippen molar-refractivity contribution in [2.24, 2.45) is 11.8 Å². The van der Waals surface area contributed by atoms with Crippen molar-refractivity contribution < 1.29 is 23.0 Å². The van der Waals surface area contributed by atoms with Gasteiger partial charge in [0.05, 0.1) is 37.9 Å². The predicted molar refractivity (Wildman–Crippen MR) is 174 cm³/mol. The van der Waals surface area contributed by atoms with Gasteiger partial charge in [-0.1, -0.05) is 62.9 Å². The number of carbonyl (C=O) groups excluding carboxylic acids is 1. The fourth-order valence-electron chi connectivity index (χ4n) is 6.31. The minimum atomic E-state index is -0.462. The minimum absolute atomic E-state index is 0.115. The van der Waals surface area contributed by atoms with Gasteiger partial charge in [0.1, 0.15) is 11.5 Å². The van der Waals surface area contributed by atoms with Crippen molar-refractivity contribution >= 4 is 16.9 Å². The Morgan fingerprint density at radius 1 is 1.00 bits per heavy atom. The van der Waals surface area contributed by atoms with Crippen molar-refractivity contribution in [2.45, 2.75) is 71.3 Å². The molecule has 8 nitrogen and oxygen atoms in total. The molecule has 4 aromatic rings. The lowest BCUT2D eigenvalue weighted by molar-refractivity contribution is -0.134. The quantitative estimate of drug-likeness (QED) is 0.123. The summed E-state index contributed by atoms with van der Waals surface area (Å²) in [6.07, 6.45) is 12.1. The van der Waals surface area contributed by atoms with Crippen LogP contribution in [-0.4, -0.2) is 63.7 Å². The second-order valence-corrected chi connectivity index (χ2v) is 12.3. The first-order valence-electron chi connectivity index (χ1n) is 16.6. The molecule has 246 valence electrons. The van der Waals surface area contributed by atoms with Crippen LogP contribution >= 0.6 is 0 Å². The molecule has 3 heterocycles. The highest BCUT2D eigenvalue weighted by atomic mass is 19.1. The number of pyridine rings is 1. The molecular weight excluding hydrogens is 588 g/mol. The van der Waals surface area contributed by atoms with E-state index < -0.39 is 11.6 Å². The first-order chi connectivity index (χ1) is 22.5. The third-order valence-corrected chi connectivity index (χ3v) is 8.73. The number of aromatic nitrogens is 4. The summed E-state index contributed by atoms with van der Waals surface area (Å²) < 4.78 is 40.3. The van der Waals surface area contributed by atoms with Gasteiger partial charge < -0.3 is 19.4 Å². The number of ether oxygens (including phenoxy) is 2. The highest BCUT2D eigenvalue weighted by Gasteiger charge is 2.27. The largest absolute Gasteiger partial charge is 0.379 e. The monoisotopic (exact) mass is 633 g/mol. The highest BCUT2D eigenvalue weighted by molar-refractivity contribution is 5.91. The number of benzene rings is 1. The topological polar surface area (TPSA) is 93.2 Å². The molecule has 2 atom stereocenters. The van der Waals surface area contributed by atoms with E-state index in [0.717, 1.165) is 50.5 Å². The van der Waals surface area contributed by atoms with Crippen LogP contribution in [0.25, 0.3) is 22.4 Å². The molecule has 1 fully saturated rings. The van der Waals surface area contributed by atoms with Crippen molar-refractivity contribution in [2.75, 3.05) is 33.0 Å². The second-order valence-electron chi connectivity index (χ2n) is 12.3. The first-order valence-corrected chi connectivity index (χ1v) is 16.6. The standard InChI is InChI=1S/C36H45F2N5O3/c1-2-3-7-14-45-16-17-46-15-13-43(25-26-9-5-4-6-10-26)34(44)20-28-12-8-11-27(18-28)19-33-32(38)24-41-36(42-33)31-23-40-35-30(31)21-29(37)22-39-35/h4-6,9-10,21-24,27-28H,2-3,7-8,11-20,25H2,1H3,(H,39,40)/t27-,28+/m0/s1. The van der Waals surface area contributed by atoms with E-state index in [1.807, 2.05) is 35.2 Å². The summed E-state index contributed by atoms with van der Waals surface area (Å²) >= 11 is 0. The Bertz CT molecular complexity index is 1530. The molecule has 5 rings (SSSR count). The number of carbonyl (C=O) groups is 1. The smallest absolute Gasteiger partial charge is 0.223 e. The van der Waals surface area contributed by atoms with Gasteiger partial charge in [-0.05, 0) is 49.1 Å². The number of nitrogens with zero attached hydrogens (tertiary/aromatic N) is 4. The van der Waals surface area contributed by atoms with Crippen LogP contribution in [-0.2, 0) is 27.2 Å². The number of hydrogen-bond donors (Lipinski definition) is 1. The molecule has 0 saturated heterocycles. The first kappa shape index (κ1) is 33.6. The molecule has 1 N–H and O–H groups in total. The van der Waals surface area contributed by atoms with Crippen LogP contribution in [0.2, 0.25) is 0 Å². The molecule has 46 heavy (non-hydrogen) atoms. The summed E-state index contributed by atoms with van der Waals surface area (Å²) in [6.45, 7) is 5.51. The number of H-pyrrole nitrogens is 1. The van der Waals surface area contributed by atoms with Gasteiger partial charge in [-0.2, -0.15) is 0 Å². The molecule has 0 bridgehead atoms. The molecule has 1 aliphatic rings. The fraction of sp³-hybridized carbons (Fsp3) is 0.500. The van der Waals surface area contributed by atoms with Crippen molar-refractivity contribution in [3.63, 3.8) is 0 Å². The van der Waals surface area contributed by atoms with Crippen molar-refractivity contribution in [1.29, 1.82) is 0 Å². The molecule has 1 aromatic carbocycles. The average Bonchev–Trinajstić information content (AvgIpc) is 3.48. The summed E-state index contributed by atoms with van der Waals surface area (Å²) in [5.74, 6) is -0.0466. The summed E-state index contributed by atoms with van der Waals surface area (Å²) in [4.78, 5) is 31.4. The Labute approximate surface area is 270 Å². The van der Waals surface area contributed by atoms with Crippen LogP contribution in [0.1, 0.15) is 69.5 Å². The molecule has 3 aromatic heterocycles. The number of rotatable bonds is 17. The number of nitrogens with one attached hydrogen (secondary N) is 1. The molecule has 0 unspecified atom stereocenters. The average molecular weight is 634 g/mol. The maximum atomic E-state index is 14.9. The van der Waals surface area contributed by atoms with Gasteiger partial charge in [-0.15, -0.1) is 0 Å². The fourth-order valence-corrected chi connectivity index (χ4v) is 6.31. The van der Waals surface area contributed by atoms with E-state index in [1.54, 1.807) is 6.20 Å². The Hall–Kier alpha value is -3.76. The molecule has 0 aliphatic heterocycles. The zero-order chi connectivity index (χ0) is 32.1. The van der Waals surface area contributed by atoms with Crippen LogP contribution in [0.5, 0.6) is 0 Å². The van der Waals surface area contributed by atoms with E-state index in [0.29, 0.717) is 73.9 Å². The van der Waals surface area contributed by atoms with E-state index in [-0.39, 0.29) is 17.7 Å². The van der Waals surface area contributed by atoms with Crippen LogP contribution in [0.4, 0.5) is 8.78 Å². The van der Waals surface area contributed by atoms with Gasteiger partial charge >= 0.3 is 0 Å². The van der Waals surface area contributed by atoms with E-state index in [1.165, 1.54) is 25.1 Å². The minimum Gasteiger partial charge on any atom is -0.379 e. The van der Waals surface area contributed by atoms with Crippen LogP contribution in [0.15, 0.2) is 55.0 Å².